The predicted molar refractivity (Wildman–Crippen MR) is 74.7 cm³/mol. The molecule has 19 heavy (non-hydrogen) atoms. The van der Waals surface area contributed by atoms with Crippen molar-refractivity contribution in [3.63, 3.8) is 0 Å². The molecular formula is C16H15NO2. The summed E-state index contributed by atoms with van der Waals surface area (Å²) in [6.07, 6.45) is 0.861. The average Bonchev–Trinajstić information content (AvgIpc) is 2.85. The van der Waals surface area contributed by atoms with Crippen molar-refractivity contribution in [3.05, 3.63) is 58.7 Å². The van der Waals surface area contributed by atoms with E-state index in [1.165, 1.54) is 0 Å². The summed E-state index contributed by atoms with van der Waals surface area (Å²) in [4.78, 5) is 12.6. The maximum atomic E-state index is 12.6. The largest absolute Gasteiger partial charge is 0.493 e. The highest BCUT2D eigenvalue weighted by Crippen LogP contribution is 2.28. The molecule has 2 aromatic rings. The van der Waals surface area contributed by atoms with Gasteiger partial charge in [-0.25, -0.2) is 0 Å². The van der Waals surface area contributed by atoms with Crippen molar-refractivity contribution >= 4 is 11.5 Å². The lowest BCUT2D eigenvalue weighted by atomic mass is 9.96. The topological polar surface area (TPSA) is 52.3 Å². The molecule has 0 saturated heterocycles. The lowest BCUT2D eigenvalue weighted by Gasteiger charge is -2.09. The van der Waals surface area contributed by atoms with Crippen molar-refractivity contribution < 1.29 is 9.53 Å². The van der Waals surface area contributed by atoms with Gasteiger partial charge in [0.2, 0.25) is 0 Å². The van der Waals surface area contributed by atoms with Gasteiger partial charge in [-0.2, -0.15) is 0 Å². The monoisotopic (exact) mass is 253 g/mol. The molecule has 1 heterocycles. The molecule has 3 rings (SSSR count). The number of rotatable bonds is 2. The second-order valence-electron chi connectivity index (χ2n) is 4.79. The second-order valence-corrected chi connectivity index (χ2v) is 4.79. The van der Waals surface area contributed by atoms with Gasteiger partial charge in [-0.1, -0.05) is 12.1 Å². The Kier molecular flexibility index (Phi) is 2.75. The Morgan fingerprint density at radius 3 is 2.89 bits per heavy atom. The van der Waals surface area contributed by atoms with E-state index >= 15 is 0 Å². The molecule has 0 unspecified atom stereocenters. The minimum atomic E-state index is -0.0229. The van der Waals surface area contributed by atoms with Gasteiger partial charge in [-0.05, 0) is 42.3 Å². The van der Waals surface area contributed by atoms with Crippen LogP contribution in [0.1, 0.15) is 27.0 Å². The molecule has 3 nitrogen and oxygen atoms in total. The molecule has 1 aliphatic rings. The Balaban J connectivity index is 2.05. The predicted octanol–water partition coefficient (Wildman–Crippen LogP) is 2.74. The zero-order valence-corrected chi connectivity index (χ0v) is 10.8. The maximum absolute atomic E-state index is 12.6. The summed E-state index contributed by atoms with van der Waals surface area (Å²) in [5.74, 6) is 0.861. The van der Waals surface area contributed by atoms with Crippen molar-refractivity contribution in [1.82, 2.24) is 0 Å². The van der Waals surface area contributed by atoms with Crippen LogP contribution in [0.5, 0.6) is 5.75 Å². The highest BCUT2D eigenvalue weighted by molar-refractivity contribution is 6.13. The van der Waals surface area contributed by atoms with Crippen LogP contribution in [0.2, 0.25) is 0 Å². The number of fused-ring (bicyclic) bond motifs is 1. The van der Waals surface area contributed by atoms with Crippen LogP contribution in [0, 0.1) is 6.92 Å². The summed E-state index contributed by atoms with van der Waals surface area (Å²) in [5, 5.41) is 0. The van der Waals surface area contributed by atoms with E-state index in [1.807, 2.05) is 31.2 Å². The summed E-state index contributed by atoms with van der Waals surface area (Å²) in [6.45, 7) is 2.60. The van der Waals surface area contributed by atoms with Gasteiger partial charge in [0, 0.05) is 23.2 Å². The van der Waals surface area contributed by atoms with Crippen molar-refractivity contribution in [2.75, 3.05) is 12.3 Å². The molecular weight excluding hydrogens is 238 g/mol. The molecule has 0 aliphatic carbocycles. The molecule has 0 spiro atoms. The first kappa shape index (κ1) is 11.8. The Morgan fingerprint density at radius 2 is 2.11 bits per heavy atom. The van der Waals surface area contributed by atoms with Crippen LogP contribution in [0.3, 0.4) is 0 Å². The van der Waals surface area contributed by atoms with Crippen molar-refractivity contribution in [1.29, 1.82) is 0 Å². The number of aryl methyl sites for hydroxylation is 1. The molecule has 0 bridgehead atoms. The number of hydrogen-bond donors (Lipinski definition) is 1. The van der Waals surface area contributed by atoms with Crippen LogP contribution in [-0.2, 0) is 6.42 Å². The lowest BCUT2D eigenvalue weighted by molar-refractivity contribution is 0.103. The Morgan fingerprint density at radius 1 is 1.26 bits per heavy atom. The summed E-state index contributed by atoms with van der Waals surface area (Å²) in [6, 6.07) is 11.1. The van der Waals surface area contributed by atoms with Gasteiger partial charge in [0.15, 0.2) is 5.78 Å². The van der Waals surface area contributed by atoms with Gasteiger partial charge >= 0.3 is 0 Å². The zero-order valence-electron chi connectivity index (χ0n) is 10.8. The van der Waals surface area contributed by atoms with E-state index in [4.69, 9.17) is 10.5 Å². The first-order valence-corrected chi connectivity index (χ1v) is 6.32. The van der Waals surface area contributed by atoms with Gasteiger partial charge in [0.25, 0.3) is 0 Å². The number of ether oxygens (including phenoxy) is 1. The normalized spacial score (nSPS) is 12.9. The van der Waals surface area contributed by atoms with E-state index in [2.05, 4.69) is 0 Å². The minimum absolute atomic E-state index is 0.0229. The Labute approximate surface area is 112 Å². The molecule has 0 radical (unpaired) electrons. The number of hydrogen-bond acceptors (Lipinski definition) is 3. The molecule has 0 aromatic heterocycles. The van der Waals surface area contributed by atoms with E-state index in [1.54, 1.807) is 12.1 Å². The highest BCUT2D eigenvalue weighted by atomic mass is 16.5. The second kappa shape index (κ2) is 4.43. The first-order valence-electron chi connectivity index (χ1n) is 6.32. The summed E-state index contributed by atoms with van der Waals surface area (Å²) >= 11 is 0. The van der Waals surface area contributed by atoms with E-state index in [0.29, 0.717) is 23.4 Å². The highest BCUT2D eigenvalue weighted by Gasteiger charge is 2.18. The zero-order chi connectivity index (χ0) is 13.4. The van der Waals surface area contributed by atoms with Crippen molar-refractivity contribution in [3.8, 4) is 5.75 Å². The minimum Gasteiger partial charge on any atom is -0.493 e. The quantitative estimate of drug-likeness (QED) is 0.661. The van der Waals surface area contributed by atoms with Gasteiger partial charge in [0.1, 0.15) is 5.75 Å². The number of ketones is 1. The van der Waals surface area contributed by atoms with Gasteiger partial charge in [-0.15, -0.1) is 0 Å². The number of nitrogens with two attached hydrogens (primary N) is 1. The average molecular weight is 253 g/mol. The fraction of sp³-hybridized carbons (Fsp3) is 0.188. The van der Waals surface area contributed by atoms with E-state index in [0.717, 1.165) is 23.3 Å². The SMILES string of the molecule is Cc1cccc(N)c1C(=O)c1ccc2c(c1)CCO2. The molecule has 3 heteroatoms. The smallest absolute Gasteiger partial charge is 0.195 e. The molecule has 0 fully saturated rings. The molecule has 0 saturated carbocycles. The van der Waals surface area contributed by atoms with Gasteiger partial charge < -0.3 is 10.5 Å². The summed E-state index contributed by atoms with van der Waals surface area (Å²) in [5.41, 5.74) is 9.73. The summed E-state index contributed by atoms with van der Waals surface area (Å²) < 4.78 is 5.45. The number of nitrogen functional groups attached to an aromatic ring is 1. The van der Waals surface area contributed by atoms with Gasteiger partial charge in [0.05, 0.1) is 6.61 Å². The Hall–Kier alpha value is -2.29. The van der Waals surface area contributed by atoms with Crippen molar-refractivity contribution in [2.24, 2.45) is 0 Å². The molecule has 0 amide bonds. The van der Waals surface area contributed by atoms with E-state index in [9.17, 15) is 4.79 Å². The van der Waals surface area contributed by atoms with Gasteiger partial charge in [-0.3, -0.25) is 4.79 Å². The molecule has 1 aliphatic heterocycles. The fourth-order valence-electron chi connectivity index (χ4n) is 2.47. The third-order valence-corrected chi connectivity index (χ3v) is 3.48. The third kappa shape index (κ3) is 1.97. The standard InChI is InChI=1S/C16H15NO2/c1-10-3-2-4-13(17)15(10)16(18)12-5-6-14-11(9-12)7-8-19-14/h2-6,9H,7-8,17H2,1H3. The maximum Gasteiger partial charge on any atom is 0.195 e. The summed E-state index contributed by atoms with van der Waals surface area (Å²) in [7, 11) is 0. The fourth-order valence-corrected chi connectivity index (χ4v) is 2.47. The van der Waals surface area contributed by atoms with Crippen LogP contribution in [-0.4, -0.2) is 12.4 Å². The van der Waals surface area contributed by atoms with Crippen LogP contribution < -0.4 is 10.5 Å². The molecule has 96 valence electrons. The number of carbonyl (C=O) groups is 1. The molecule has 0 atom stereocenters. The number of carbonyl (C=O) groups excluding carboxylic acids is 1. The third-order valence-electron chi connectivity index (χ3n) is 3.48. The Bertz CT molecular complexity index is 642. The van der Waals surface area contributed by atoms with E-state index in [-0.39, 0.29) is 5.78 Å². The van der Waals surface area contributed by atoms with Crippen LogP contribution in [0.15, 0.2) is 36.4 Å². The number of anilines is 1. The van der Waals surface area contributed by atoms with Crippen LogP contribution >= 0.6 is 0 Å². The van der Waals surface area contributed by atoms with Crippen LogP contribution in [0.25, 0.3) is 0 Å². The molecule has 2 aromatic carbocycles. The van der Waals surface area contributed by atoms with E-state index < -0.39 is 0 Å². The first-order chi connectivity index (χ1) is 9.16. The molecule has 2 N–H and O–H groups in total. The lowest BCUT2D eigenvalue weighted by Crippen LogP contribution is -2.07. The number of benzene rings is 2. The van der Waals surface area contributed by atoms with Crippen molar-refractivity contribution in [2.45, 2.75) is 13.3 Å². The van der Waals surface area contributed by atoms with Crippen LogP contribution in [0.4, 0.5) is 5.69 Å².